The van der Waals surface area contributed by atoms with Gasteiger partial charge >= 0.3 is 6.09 Å². The van der Waals surface area contributed by atoms with Gasteiger partial charge < -0.3 is 20.6 Å². The normalized spacial score (nSPS) is 11.9. The molecule has 110 valence electrons. The SMILES string of the molecule is CO/N=C(\N)c1ccc(CNC(=O)OC(C)(C)C)cc1. The van der Waals surface area contributed by atoms with Crippen LogP contribution in [-0.4, -0.2) is 24.6 Å². The smallest absolute Gasteiger partial charge is 0.407 e. The summed E-state index contributed by atoms with van der Waals surface area (Å²) in [6.07, 6.45) is -0.443. The van der Waals surface area contributed by atoms with E-state index in [1.54, 1.807) is 0 Å². The second-order valence-corrected chi connectivity index (χ2v) is 5.21. The molecule has 1 aromatic rings. The van der Waals surface area contributed by atoms with Crippen molar-refractivity contribution in [1.29, 1.82) is 0 Å². The second-order valence-electron chi connectivity index (χ2n) is 5.21. The van der Waals surface area contributed by atoms with Gasteiger partial charge in [0.1, 0.15) is 12.7 Å². The summed E-state index contributed by atoms with van der Waals surface area (Å²) in [7, 11) is 1.44. The number of carbonyl (C=O) groups excluding carboxylic acids is 1. The van der Waals surface area contributed by atoms with Gasteiger partial charge in [0, 0.05) is 12.1 Å². The van der Waals surface area contributed by atoms with Crippen LogP contribution >= 0.6 is 0 Å². The number of amides is 1. The first-order valence-electron chi connectivity index (χ1n) is 6.24. The van der Waals surface area contributed by atoms with E-state index < -0.39 is 11.7 Å². The number of benzene rings is 1. The highest BCUT2D eigenvalue weighted by Gasteiger charge is 2.15. The van der Waals surface area contributed by atoms with E-state index in [0.717, 1.165) is 11.1 Å². The van der Waals surface area contributed by atoms with Gasteiger partial charge in [-0.1, -0.05) is 29.4 Å². The Morgan fingerprint density at radius 1 is 1.30 bits per heavy atom. The number of alkyl carbamates (subject to hydrolysis) is 1. The van der Waals surface area contributed by atoms with Crippen LogP contribution in [0.5, 0.6) is 0 Å². The van der Waals surface area contributed by atoms with Crippen molar-refractivity contribution in [3.63, 3.8) is 0 Å². The molecule has 0 bridgehead atoms. The van der Waals surface area contributed by atoms with Crippen LogP contribution in [0.1, 0.15) is 31.9 Å². The zero-order valence-corrected chi connectivity index (χ0v) is 12.3. The molecule has 0 saturated heterocycles. The number of ether oxygens (including phenoxy) is 1. The van der Waals surface area contributed by atoms with Gasteiger partial charge in [-0.2, -0.15) is 0 Å². The third-order valence-electron chi connectivity index (χ3n) is 2.28. The number of amidine groups is 1. The predicted octanol–water partition coefficient (Wildman–Crippen LogP) is 1.98. The van der Waals surface area contributed by atoms with E-state index in [9.17, 15) is 4.79 Å². The van der Waals surface area contributed by atoms with Crippen molar-refractivity contribution in [2.75, 3.05) is 7.11 Å². The van der Waals surface area contributed by atoms with Crippen molar-refractivity contribution in [1.82, 2.24) is 5.32 Å². The van der Waals surface area contributed by atoms with Crippen LogP contribution in [0.2, 0.25) is 0 Å². The van der Waals surface area contributed by atoms with Gasteiger partial charge in [0.05, 0.1) is 0 Å². The molecule has 3 N–H and O–H groups in total. The van der Waals surface area contributed by atoms with Crippen LogP contribution in [-0.2, 0) is 16.1 Å². The molecule has 6 heteroatoms. The van der Waals surface area contributed by atoms with Crippen LogP contribution in [0.25, 0.3) is 0 Å². The highest BCUT2D eigenvalue weighted by atomic mass is 16.6. The molecule has 20 heavy (non-hydrogen) atoms. The maximum Gasteiger partial charge on any atom is 0.407 e. The lowest BCUT2D eigenvalue weighted by Crippen LogP contribution is -2.32. The summed E-state index contributed by atoms with van der Waals surface area (Å²) in [5.41, 5.74) is 6.87. The molecule has 0 aliphatic heterocycles. The monoisotopic (exact) mass is 279 g/mol. The summed E-state index contributed by atoms with van der Waals surface area (Å²) >= 11 is 0. The molecule has 1 rings (SSSR count). The minimum Gasteiger partial charge on any atom is -0.444 e. The maximum atomic E-state index is 11.5. The first kappa shape index (κ1) is 15.8. The number of rotatable bonds is 4. The Bertz CT molecular complexity index is 475. The summed E-state index contributed by atoms with van der Waals surface area (Å²) in [5, 5.41) is 6.33. The highest BCUT2D eigenvalue weighted by Crippen LogP contribution is 2.08. The predicted molar refractivity (Wildman–Crippen MR) is 77.2 cm³/mol. The van der Waals surface area contributed by atoms with Crippen LogP contribution in [0.15, 0.2) is 29.4 Å². The third kappa shape index (κ3) is 5.60. The van der Waals surface area contributed by atoms with E-state index in [-0.39, 0.29) is 0 Å². The summed E-state index contributed by atoms with van der Waals surface area (Å²) in [5.74, 6) is 0.305. The fourth-order valence-electron chi connectivity index (χ4n) is 1.43. The number of oxime groups is 1. The Morgan fingerprint density at radius 3 is 2.40 bits per heavy atom. The van der Waals surface area contributed by atoms with Crippen LogP contribution in [0, 0.1) is 0 Å². The van der Waals surface area contributed by atoms with Gasteiger partial charge in [0.25, 0.3) is 0 Å². The quantitative estimate of drug-likeness (QED) is 0.501. The lowest BCUT2D eigenvalue weighted by molar-refractivity contribution is 0.0523. The van der Waals surface area contributed by atoms with E-state index in [1.807, 2.05) is 45.0 Å². The van der Waals surface area contributed by atoms with Gasteiger partial charge in [0.2, 0.25) is 0 Å². The zero-order valence-electron chi connectivity index (χ0n) is 12.3. The molecule has 0 aliphatic rings. The van der Waals surface area contributed by atoms with E-state index in [2.05, 4.69) is 15.3 Å². The van der Waals surface area contributed by atoms with E-state index >= 15 is 0 Å². The fraction of sp³-hybridized carbons (Fsp3) is 0.429. The number of hydrogen-bond acceptors (Lipinski definition) is 4. The largest absolute Gasteiger partial charge is 0.444 e. The average Bonchev–Trinajstić information content (AvgIpc) is 2.35. The Balaban J connectivity index is 2.54. The number of nitrogens with two attached hydrogens (primary N) is 1. The first-order valence-corrected chi connectivity index (χ1v) is 6.24. The molecule has 6 nitrogen and oxygen atoms in total. The standard InChI is InChI=1S/C14H21N3O3/c1-14(2,3)20-13(18)16-9-10-5-7-11(8-6-10)12(15)17-19-4/h5-8H,9H2,1-4H3,(H2,15,17)(H,16,18). The van der Waals surface area contributed by atoms with Crippen LogP contribution in [0.3, 0.4) is 0 Å². The molecule has 0 unspecified atom stereocenters. The molecule has 0 aliphatic carbocycles. The Labute approximate surface area is 118 Å². The summed E-state index contributed by atoms with van der Waals surface area (Å²) in [6.45, 7) is 5.84. The third-order valence-corrected chi connectivity index (χ3v) is 2.28. The molecule has 0 fully saturated rings. The van der Waals surface area contributed by atoms with Crippen molar-refractivity contribution in [3.05, 3.63) is 35.4 Å². The van der Waals surface area contributed by atoms with Crippen molar-refractivity contribution in [2.24, 2.45) is 10.9 Å². The second kappa shape index (κ2) is 6.79. The zero-order chi connectivity index (χ0) is 15.2. The van der Waals surface area contributed by atoms with Gasteiger partial charge in [-0.3, -0.25) is 0 Å². The van der Waals surface area contributed by atoms with Gasteiger partial charge in [-0.05, 0) is 26.3 Å². The van der Waals surface area contributed by atoms with E-state index in [1.165, 1.54) is 7.11 Å². The minimum absolute atomic E-state index is 0.305. The Kier molecular flexibility index (Phi) is 5.37. The fourth-order valence-corrected chi connectivity index (χ4v) is 1.43. The summed E-state index contributed by atoms with van der Waals surface area (Å²) in [4.78, 5) is 16.1. The average molecular weight is 279 g/mol. The molecular weight excluding hydrogens is 258 g/mol. The lowest BCUT2D eigenvalue weighted by atomic mass is 10.1. The molecular formula is C14H21N3O3. The molecule has 1 aromatic carbocycles. The van der Waals surface area contributed by atoms with Crippen molar-refractivity contribution in [2.45, 2.75) is 32.9 Å². The molecule has 0 aromatic heterocycles. The molecule has 0 radical (unpaired) electrons. The van der Waals surface area contributed by atoms with Gasteiger partial charge in [-0.25, -0.2) is 4.79 Å². The maximum absolute atomic E-state index is 11.5. The lowest BCUT2D eigenvalue weighted by Gasteiger charge is -2.19. The van der Waals surface area contributed by atoms with Gasteiger partial charge in [0.15, 0.2) is 5.84 Å². The van der Waals surface area contributed by atoms with Crippen molar-refractivity contribution >= 4 is 11.9 Å². The van der Waals surface area contributed by atoms with Crippen molar-refractivity contribution in [3.8, 4) is 0 Å². The Hall–Kier alpha value is -2.24. The summed E-state index contributed by atoms with van der Waals surface area (Å²) < 4.78 is 5.15. The minimum atomic E-state index is -0.501. The molecule has 0 saturated carbocycles. The number of nitrogens with zero attached hydrogens (tertiary/aromatic N) is 1. The number of nitrogens with one attached hydrogen (secondary N) is 1. The highest BCUT2D eigenvalue weighted by molar-refractivity contribution is 5.97. The Morgan fingerprint density at radius 2 is 1.90 bits per heavy atom. The van der Waals surface area contributed by atoms with E-state index in [0.29, 0.717) is 12.4 Å². The molecule has 0 atom stereocenters. The number of hydrogen-bond donors (Lipinski definition) is 2. The van der Waals surface area contributed by atoms with E-state index in [4.69, 9.17) is 10.5 Å². The van der Waals surface area contributed by atoms with Crippen molar-refractivity contribution < 1.29 is 14.4 Å². The topological polar surface area (TPSA) is 85.9 Å². The molecule has 0 heterocycles. The molecule has 1 amide bonds. The van der Waals surface area contributed by atoms with Crippen LogP contribution in [0.4, 0.5) is 4.79 Å². The van der Waals surface area contributed by atoms with Gasteiger partial charge in [-0.15, -0.1) is 0 Å². The summed E-state index contributed by atoms with van der Waals surface area (Å²) in [6, 6.07) is 7.32. The number of carbonyl (C=O) groups is 1. The molecule has 0 spiro atoms. The first-order chi connectivity index (χ1) is 9.31. The van der Waals surface area contributed by atoms with Crippen LogP contribution < -0.4 is 11.1 Å².